The number of hydrogen-bond acceptors (Lipinski definition) is 3. The number of ether oxygens (including phenoxy) is 1. The van der Waals surface area contributed by atoms with E-state index < -0.39 is 0 Å². The minimum atomic E-state index is 0.00530. The molecule has 2 rings (SSSR count). The van der Waals surface area contributed by atoms with Gasteiger partial charge in [0.1, 0.15) is 0 Å². The maximum atomic E-state index is 12.4. The summed E-state index contributed by atoms with van der Waals surface area (Å²) in [6, 6.07) is 8.01. The number of para-hydroxylation sites is 1. The molecule has 1 aromatic carbocycles. The number of methoxy groups -OCH3 is 1. The molecule has 0 spiro atoms. The van der Waals surface area contributed by atoms with Gasteiger partial charge in [-0.1, -0.05) is 18.2 Å². The van der Waals surface area contributed by atoms with Crippen molar-refractivity contribution in [3.8, 4) is 0 Å². The molecule has 0 saturated carbocycles. The average molecular weight is 304 g/mol. The van der Waals surface area contributed by atoms with Crippen molar-refractivity contribution in [1.82, 2.24) is 4.90 Å². The van der Waals surface area contributed by atoms with E-state index in [1.807, 2.05) is 23.1 Å². The predicted molar refractivity (Wildman–Crippen MR) is 85.9 cm³/mol. The molecule has 0 aromatic heterocycles. The first-order valence-electron chi connectivity index (χ1n) is 7.76. The normalized spacial score (nSPS) is 13.1. The summed E-state index contributed by atoms with van der Waals surface area (Å²) in [7, 11) is 1.65. The highest BCUT2D eigenvalue weighted by Crippen LogP contribution is 2.27. The van der Waals surface area contributed by atoms with E-state index in [1.54, 1.807) is 18.9 Å². The summed E-state index contributed by atoms with van der Waals surface area (Å²) in [6.45, 7) is 4.01. The first-order chi connectivity index (χ1) is 10.6. The molecule has 5 nitrogen and oxygen atoms in total. The lowest BCUT2D eigenvalue weighted by Crippen LogP contribution is -2.36. The SMILES string of the molecule is COCCCN(CCC(=O)N1CCc2ccccc21)C(C)=O. The molecule has 0 bridgehead atoms. The molecule has 1 aromatic rings. The summed E-state index contributed by atoms with van der Waals surface area (Å²) >= 11 is 0. The molecule has 0 aliphatic carbocycles. The van der Waals surface area contributed by atoms with Gasteiger partial charge in [-0.15, -0.1) is 0 Å². The summed E-state index contributed by atoms with van der Waals surface area (Å²) in [5.41, 5.74) is 2.24. The van der Waals surface area contributed by atoms with Crippen LogP contribution in [0.5, 0.6) is 0 Å². The van der Waals surface area contributed by atoms with E-state index in [0.717, 1.165) is 25.1 Å². The second-order valence-corrected chi connectivity index (χ2v) is 5.53. The molecule has 0 radical (unpaired) electrons. The van der Waals surface area contributed by atoms with Gasteiger partial charge in [-0.25, -0.2) is 0 Å². The highest BCUT2D eigenvalue weighted by molar-refractivity contribution is 5.95. The van der Waals surface area contributed by atoms with Crippen molar-refractivity contribution in [2.75, 3.05) is 38.3 Å². The second kappa shape index (κ2) is 7.94. The van der Waals surface area contributed by atoms with Crippen molar-refractivity contribution in [1.29, 1.82) is 0 Å². The van der Waals surface area contributed by atoms with Crippen LogP contribution in [0.2, 0.25) is 0 Å². The number of hydrogen-bond donors (Lipinski definition) is 0. The van der Waals surface area contributed by atoms with Gasteiger partial charge in [-0.05, 0) is 24.5 Å². The molecule has 0 saturated heterocycles. The fourth-order valence-corrected chi connectivity index (χ4v) is 2.79. The van der Waals surface area contributed by atoms with E-state index in [1.165, 1.54) is 5.56 Å². The third-order valence-electron chi connectivity index (χ3n) is 4.01. The third-order valence-corrected chi connectivity index (χ3v) is 4.01. The molecule has 22 heavy (non-hydrogen) atoms. The largest absolute Gasteiger partial charge is 0.385 e. The van der Waals surface area contributed by atoms with Crippen molar-refractivity contribution >= 4 is 17.5 Å². The Hall–Kier alpha value is -1.88. The van der Waals surface area contributed by atoms with E-state index in [9.17, 15) is 9.59 Å². The van der Waals surface area contributed by atoms with Gasteiger partial charge in [-0.2, -0.15) is 0 Å². The van der Waals surface area contributed by atoms with Crippen molar-refractivity contribution in [2.45, 2.75) is 26.2 Å². The lowest BCUT2D eigenvalue weighted by molar-refractivity contribution is -0.129. The Kier molecular flexibility index (Phi) is 5.95. The average Bonchev–Trinajstić information content (AvgIpc) is 2.94. The van der Waals surface area contributed by atoms with Gasteiger partial charge in [0.2, 0.25) is 11.8 Å². The maximum absolute atomic E-state index is 12.4. The lowest BCUT2D eigenvalue weighted by atomic mass is 10.2. The van der Waals surface area contributed by atoms with Crippen molar-refractivity contribution in [3.05, 3.63) is 29.8 Å². The molecule has 1 aliphatic heterocycles. The van der Waals surface area contributed by atoms with E-state index in [4.69, 9.17) is 4.74 Å². The zero-order valence-electron chi connectivity index (χ0n) is 13.4. The summed E-state index contributed by atoms with van der Waals surface area (Å²) in [5.74, 6) is 0.0914. The molecule has 0 atom stereocenters. The quantitative estimate of drug-likeness (QED) is 0.722. The summed E-state index contributed by atoms with van der Waals surface area (Å²) < 4.78 is 5.00. The molecule has 0 N–H and O–H groups in total. The van der Waals surface area contributed by atoms with Crippen LogP contribution in [0.4, 0.5) is 5.69 Å². The molecule has 2 amide bonds. The van der Waals surface area contributed by atoms with Gasteiger partial charge in [0, 0.05) is 52.4 Å². The molecule has 120 valence electrons. The molecular weight excluding hydrogens is 280 g/mol. The van der Waals surface area contributed by atoms with Crippen LogP contribution in [0.3, 0.4) is 0 Å². The van der Waals surface area contributed by atoms with Crippen LogP contribution in [0.25, 0.3) is 0 Å². The highest BCUT2D eigenvalue weighted by Gasteiger charge is 2.24. The number of rotatable bonds is 7. The van der Waals surface area contributed by atoms with Gasteiger partial charge < -0.3 is 14.5 Å². The summed E-state index contributed by atoms with van der Waals surface area (Å²) in [4.78, 5) is 27.6. The van der Waals surface area contributed by atoms with Gasteiger partial charge in [0.05, 0.1) is 0 Å². The molecule has 0 unspecified atom stereocenters. The molecule has 0 fully saturated rings. The van der Waals surface area contributed by atoms with Crippen molar-refractivity contribution in [2.24, 2.45) is 0 Å². The van der Waals surface area contributed by atoms with E-state index in [0.29, 0.717) is 26.1 Å². The Bertz CT molecular complexity index is 530. The second-order valence-electron chi connectivity index (χ2n) is 5.53. The topological polar surface area (TPSA) is 49.9 Å². The van der Waals surface area contributed by atoms with Crippen LogP contribution in [0, 0.1) is 0 Å². The Labute approximate surface area is 131 Å². The van der Waals surface area contributed by atoms with Crippen molar-refractivity contribution < 1.29 is 14.3 Å². The van der Waals surface area contributed by atoms with Crippen LogP contribution >= 0.6 is 0 Å². The van der Waals surface area contributed by atoms with Crippen LogP contribution in [-0.4, -0.2) is 50.1 Å². The first kappa shape index (κ1) is 16.5. The van der Waals surface area contributed by atoms with Crippen LogP contribution in [0.1, 0.15) is 25.3 Å². The number of anilines is 1. The minimum absolute atomic E-state index is 0.00530. The van der Waals surface area contributed by atoms with Gasteiger partial charge in [0.15, 0.2) is 0 Å². The maximum Gasteiger partial charge on any atom is 0.228 e. The lowest BCUT2D eigenvalue weighted by Gasteiger charge is -2.23. The minimum Gasteiger partial charge on any atom is -0.385 e. The van der Waals surface area contributed by atoms with E-state index in [-0.39, 0.29) is 11.8 Å². The molecular formula is C17H24N2O3. The van der Waals surface area contributed by atoms with Crippen LogP contribution in [-0.2, 0) is 20.7 Å². The van der Waals surface area contributed by atoms with Gasteiger partial charge >= 0.3 is 0 Å². The molecule has 1 heterocycles. The Balaban J connectivity index is 1.88. The number of carbonyl (C=O) groups excluding carboxylic acids is 2. The van der Waals surface area contributed by atoms with Crippen molar-refractivity contribution in [3.63, 3.8) is 0 Å². The number of amides is 2. The highest BCUT2D eigenvalue weighted by atomic mass is 16.5. The molecule has 5 heteroatoms. The third kappa shape index (κ3) is 4.07. The fraction of sp³-hybridized carbons (Fsp3) is 0.529. The monoisotopic (exact) mass is 304 g/mol. The van der Waals surface area contributed by atoms with Gasteiger partial charge in [-0.3, -0.25) is 9.59 Å². The summed E-state index contributed by atoms with van der Waals surface area (Å²) in [5, 5.41) is 0. The van der Waals surface area contributed by atoms with Crippen LogP contribution < -0.4 is 4.90 Å². The zero-order valence-corrected chi connectivity index (χ0v) is 13.4. The van der Waals surface area contributed by atoms with Crippen LogP contribution in [0.15, 0.2) is 24.3 Å². The molecule has 1 aliphatic rings. The first-order valence-corrected chi connectivity index (χ1v) is 7.76. The smallest absolute Gasteiger partial charge is 0.228 e. The Morgan fingerprint density at radius 3 is 2.77 bits per heavy atom. The Morgan fingerprint density at radius 2 is 2.05 bits per heavy atom. The van der Waals surface area contributed by atoms with Gasteiger partial charge in [0.25, 0.3) is 0 Å². The van der Waals surface area contributed by atoms with E-state index in [2.05, 4.69) is 6.07 Å². The summed E-state index contributed by atoms with van der Waals surface area (Å²) in [6.07, 6.45) is 2.06. The Morgan fingerprint density at radius 1 is 1.27 bits per heavy atom. The predicted octanol–water partition coefficient (Wildman–Crippen LogP) is 1.85. The number of fused-ring (bicyclic) bond motifs is 1. The number of carbonyl (C=O) groups is 2. The number of benzene rings is 1. The van der Waals surface area contributed by atoms with E-state index >= 15 is 0 Å². The fourth-order valence-electron chi connectivity index (χ4n) is 2.79. The standard InChI is InChI=1S/C17H24N2O3/c1-14(20)18(10-5-13-22-2)11-9-17(21)19-12-8-15-6-3-4-7-16(15)19/h3-4,6-7H,5,8-13H2,1-2H3. The number of nitrogens with zero attached hydrogens (tertiary/aromatic N) is 2. The zero-order chi connectivity index (χ0) is 15.9.